The third kappa shape index (κ3) is 3.13. The number of benzene rings is 3. The molecule has 7 nitrogen and oxygen atoms in total. The Morgan fingerprint density at radius 2 is 1.70 bits per heavy atom. The van der Waals surface area contributed by atoms with Crippen molar-refractivity contribution in [1.82, 2.24) is 8.87 Å². The monoisotopic (exact) mass is 461 g/mol. The maximum absolute atomic E-state index is 13.0. The predicted octanol–water partition coefficient (Wildman–Crippen LogP) is 4.62. The van der Waals surface area contributed by atoms with Crippen molar-refractivity contribution >= 4 is 49.3 Å². The average Bonchev–Trinajstić information content (AvgIpc) is 3.21. The number of para-hydroxylation sites is 1. The highest BCUT2D eigenvalue weighted by molar-refractivity contribution is 7.90. The van der Waals surface area contributed by atoms with Gasteiger partial charge in [-0.3, -0.25) is 9.59 Å². The maximum atomic E-state index is 13.0. The summed E-state index contributed by atoms with van der Waals surface area (Å²) in [5.74, 6) is -1.01. The number of aromatic nitrogens is 1. The van der Waals surface area contributed by atoms with Crippen molar-refractivity contribution < 1.29 is 18.0 Å². The number of fused-ring (bicyclic) bond motifs is 4. The second-order valence-electron chi connectivity index (χ2n) is 8.36. The smallest absolute Gasteiger partial charge is 0.269 e. The highest BCUT2D eigenvalue weighted by Crippen LogP contribution is 2.34. The molecule has 1 aliphatic rings. The standard InChI is InChI=1S/C25H23N3O4S/c1-4-27-21-8-6-5-7-18(21)20-14-17(10-12-22(20)27)26-24(29)16-9-11-19-23(13-16)33(31,32)28(15(2)3)25(19)30/h5-15H,4H2,1-3H3,(H,26,29). The second kappa shape index (κ2) is 7.45. The fourth-order valence-electron chi connectivity index (χ4n) is 4.57. The number of sulfonamides is 1. The number of anilines is 1. The van der Waals surface area contributed by atoms with Crippen molar-refractivity contribution in [3.05, 3.63) is 71.8 Å². The molecule has 1 N–H and O–H groups in total. The van der Waals surface area contributed by atoms with E-state index in [-0.39, 0.29) is 16.0 Å². The van der Waals surface area contributed by atoms with Gasteiger partial charge in [0.05, 0.1) is 5.56 Å². The molecule has 2 heterocycles. The first-order chi connectivity index (χ1) is 15.7. The van der Waals surface area contributed by atoms with Crippen molar-refractivity contribution in [2.45, 2.75) is 38.3 Å². The van der Waals surface area contributed by atoms with Gasteiger partial charge >= 0.3 is 0 Å². The van der Waals surface area contributed by atoms with Crippen LogP contribution in [0.4, 0.5) is 5.69 Å². The normalized spacial score (nSPS) is 14.9. The molecule has 0 saturated carbocycles. The Morgan fingerprint density at radius 3 is 2.42 bits per heavy atom. The summed E-state index contributed by atoms with van der Waals surface area (Å²) in [5.41, 5.74) is 3.07. The lowest BCUT2D eigenvalue weighted by Crippen LogP contribution is -2.36. The van der Waals surface area contributed by atoms with E-state index in [2.05, 4.69) is 28.9 Å². The van der Waals surface area contributed by atoms with Crippen molar-refractivity contribution in [3.63, 3.8) is 0 Å². The van der Waals surface area contributed by atoms with Crippen LogP contribution < -0.4 is 5.32 Å². The average molecular weight is 462 g/mol. The molecule has 0 aliphatic carbocycles. The molecule has 0 fully saturated rings. The minimum atomic E-state index is -3.98. The first-order valence-corrected chi connectivity index (χ1v) is 12.2. The van der Waals surface area contributed by atoms with E-state index in [1.165, 1.54) is 18.2 Å². The molecule has 33 heavy (non-hydrogen) atoms. The molecule has 1 aromatic heterocycles. The Hall–Kier alpha value is -3.65. The summed E-state index contributed by atoms with van der Waals surface area (Å²) in [6, 6.07) is 17.5. The first-order valence-electron chi connectivity index (χ1n) is 10.8. The van der Waals surface area contributed by atoms with Crippen molar-refractivity contribution in [2.75, 3.05) is 5.32 Å². The van der Waals surface area contributed by atoms with Gasteiger partial charge in [0.25, 0.3) is 21.8 Å². The molecule has 168 valence electrons. The van der Waals surface area contributed by atoms with Gasteiger partial charge in [0.2, 0.25) is 0 Å². The SMILES string of the molecule is CCn1c2ccccc2c2cc(NC(=O)c3ccc4c(c3)S(=O)(=O)N(C(C)C)C4=O)ccc21. The second-order valence-corrected chi connectivity index (χ2v) is 10.1. The third-order valence-corrected chi connectivity index (χ3v) is 8.03. The van der Waals surface area contributed by atoms with Crippen LogP contribution in [0.15, 0.2) is 65.6 Å². The van der Waals surface area contributed by atoms with Crippen molar-refractivity contribution in [2.24, 2.45) is 0 Å². The van der Waals surface area contributed by atoms with Crippen LogP contribution in [0.1, 0.15) is 41.5 Å². The first kappa shape index (κ1) is 21.2. The van der Waals surface area contributed by atoms with Crippen LogP contribution in [0.5, 0.6) is 0 Å². The van der Waals surface area contributed by atoms with Gasteiger partial charge < -0.3 is 9.88 Å². The summed E-state index contributed by atoms with van der Waals surface area (Å²) in [6.07, 6.45) is 0. The molecule has 2 amide bonds. The predicted molar refractivity (Wildman–Crippen MR) is 128 cm³/mol. The molecule has 0 bridgehead atoms. The summed E-state index contributed by atoms with van der Waals surface area (Å²) in [4.78, 5) is 25.4. The van der Waals surface area contributed by atoms with Gasteiger partial charge in [-0.2, -0.15) is 0 Å². The molecular weight excluding hydrogens is 438 g/mol. The molecule has 5 rings (SSSR count). The van der Waals surface area contributed by atoms with E-state index in [1.807, 2.05) is 30.3 Å². The maximum Gasteiger partial charge on any atom is 0.269 e. The fourth-order valence-corrected chi connectivity index (χ4v) is 6.37. The highest BCUT2D eigenvalue weighted by atomic mass is 32.2. The zero-order chi connectivity index (χ0) is 23.5. The van der Waals surface area contributed by atoms with Gasteiger partial charge in [0, 0.05) is 45.6 Å². The third-order valence-electron chi connectivity index (χ3n) is 6.03. The largest absolute Gasteiger partial charge is 0.341 e. The van der Waals surface area contributed by atoms with E-state index in [4.69, 9.17) is 0 Å². The zero-order valence-electron chi connectivity index (χ0n) is 18.5. The Balaban J connectivity index is 1.51. The molecule has 8 heteroatoms. The molecule has 0 spiro atoms. The number of hydrogen-bond donors (Lipinski definition) is 1. The lowest BCUT2D eigenvalue weighted by Gasteiger charge is -2.18. The summed E-state index contributed by atoms with van der Waals surface area (Å²) >= 11 is 0. The molecule has 1 aliphatic heterocycles. The molecule has 0 unspecified atom stereocenters. The van der Waals surface area contributed by atoms with Crippen LogP contribution in [-0.4, -0.2) is 35.1 Å². The Kier molecular flexibility index (Phi) is 4.79. The van der Waals surface area contributed by atoms with E-state index < -0.39 is 27.9 Å². The van der Waals surface area contributed by atoms with Gasteiger partial charge in [-0.1, -0.05) is 18.2 Å². The molecule has 0 atom stereocenters. The Morgan fingerprint density at radius 1 is 0.970 bits per heavy atom. The van der Waals surface area contributed by atoms with Crippen LogP contribution in [0.2, 0.25) is 0 Å². The molecular formula is C25H23N3O4S. The number of aryl methyl sites for hydroxylation is 1. The van der Waals surface area contributed by atoms with Gasteiger partial charge in [-0.05, 0) is 63.2 Å². The number of nitrogens with one attached hydrogen (secondary N) is 1. The van der Waals surface area contributed by atoms with E-state index in [0.717, 1.165) is 32.7 Å². The van der Waals surface area contributed by atoms with Crippen molar-refractivity contribution in [1.29, 1.82) is 0 Å². The van der Waals surface area contributed by atoms with Gasteiger partial charge in [0.15, 0.2) is 0 Å². The number of carbonyl (C=O) groups is 2. The minimum absolute atomic E-state index is 0.0917. The summed E-state index contributed by atoms with van der Waals surface area (Å²) in [5, 5.41) is 4.99. The highest BCUT2D eigenvalue weighted by Gasteiger charge is 2.42. The number of nitrogens with zero attached hydrogens (tertiary/aromatic N) is 2. The van der Waals surface area contributed by atoms with E-state index in [1.54, 1.807) is 13.8 Å². The fraction of sp³-hybridized carbons (Fsp3) is 0.200. The van der Waals surface area contributed by atoms with Gasteiger partial charge in [-0.25, -0.2) is 12.7 Å². The van der Waals surface area contributed by atoms with Gasteiger partial charge in [-0.15, -0.1) is 0 Å². The van der Waals surface area contributed by atoms with Crippen LogP contribution >= 0.6 is 0 Å². The number of carbonyl (C=O) groups excluding carboxylic acids is 2. The van der Waals surface area contributed by atoms with Crippen LogP contribution in [0, 0.1) is 0 Å². The molecule has 0 saturated heterocycles. The lowest BCUT2D eigenvalue weighted by molar-refractivity contribution is 0.0846. The van der Waals surface area contributed by atoms with Crippen molar-refractivity contribution in [3.8, 4) is 0 Å². The Bertz CT molecular complexity index is 1570. The number of rotatable bonds is 4. The lowest BCUT2D eigenvalue weighted by atomic mass is 10.1. The zero-order valence-corrected chi connectivity index (χ0v) is 19.3. The summed E-state index contributed by atoms with van der Waals surface area (Å²) in [6.45, 7) is 6.20. The topological polar surface area (TPSA) is 88.5 Å². The summed E-state index contributed by atoms with van der Waals surface area (Å²) < 4.78 is 28.8. The molecule has 3 aromatic carbocycles. The van der Waals surface area contributed by atoms with Crippen LogP contribution in [0.3, 0.4) is 0 Å². The van der Waals surface area contributed by atoms with Gasteiger partial charge in [0.1, 0.15) is 4.90 Å². The molecule has 0 radical (unpaired) electrons. The molecule has 4 aromatic rings. The van der Waals surface area contributed by atoms with Crippen LogP contribution in [-0.2, 0) is 16.6 Å². The number of hydrogen-bond acceptors (Lipinski definition) is 4. The quantitative estimate of drug-likeness (QED) is 0.480. The van der Waals surface area contributed by atoms with E-state index >= 15 is 0 Å². The van der Waals surface area contributed by atoms with E-state index in [9.17, 15) is 18.0 Å². The number of amides is 2. The van der Waals surface area contributed by atoms with E-state index in [0.29, 0.717) is 5.69 Å². The summed E-state index contributed by atoms with van der Waals surface area (Å²) in [7, 11) is -3.98. The minimum Gasteiger partial charge on any atom is -0.341 e. The van der Waals surface area contributed by atoms with Crippen LogP contribution in [0.25, 0.3) is 21.8 Å². The Labute approximate surface area is 191 Å².